The Morgan fingerprint density at radius 2 is 1.28 bits per heavy atom. The van der Waals surface area contributed by atoms with Gasteiger partial charge in [-0.25, -0.2) is 19.6 Å². The highest BCUT2D eigenvalue weighted by Crippen LogP contribution is 2.38. The average Bonchev–Trinajstić information content (AvgIpc) is 3.82. The molecule has 10 heteroatoms. The normalized spacial score (nSPS) is 22.2. The molecule has 10 nitrogen and oxygen atoms in total. The third kappa shape index (κ3) is 7.16. The molecule has 2 fully saturated rings. The summed E-state index contributed by atoms with van der Waals surface area (Å²) in [7, 11) is 0. The number of aromatic nitrogens is 4. The summed E-state index contributed by atoms with van der Waals surface area (Å²) in [5, 5.41) is 0. The first kappa shape index (κ1) is 31.9. The fourth-order valence-corrected chi connectivity index (χ4v) is 6.82. The number of carbonyl (C=O) groups is 2. The minimum absolute atomic E-state index is 0.0768. The van der Waals surface area contributed by atoms with Crippen molar-refractivity contribution < 1.29 is 19.1 Å². The molecule has 2 N–H and O–H groups in total. The average molecular weight is 629 g/mol. The van der Waals surface area contributed by atoms with Crippen LogP contribution in [0.15, 0.2) is 42.7 Å². The van der Waals surface area contributed by atoms with Crippen LogP contribution in [0.1, 0.15) is 127 Å². The maximum atomic E-state index is 12.8. The number of allylic oxidation sites excluding steroid dienone is 2. The number of hydrogen-bond acceptors (Lipinski definition) is 6. The van der Waals surface area contributed by atoms with Gasteiger partial charge in [0, 0.05) is 13.1 Å². The van der Waals surface area contributed by atoms with Gasteiger partial charge in [0.2, 0.25) is 0 Å². The van der Waals surface area contributed by atoms with Crippen molar-refractivity contribution in [3.05, 3.63) is 65.6 Å². The number of nitrogens with zero attached hydrogens (tertiary/aromatic N) is 4. The van der Waals surface area contributed by atoms with Crippen molar-refractivity contribution >= 4 is 17.8 Å². The smallest absolute Gasteiger partial charge is 0.410 e. The van der Waals surface area contributed by atoms with Crippen molar-refractivity contribution in [2.24, 2.45) is 0 Å². The van der Waals surface area contributed by atoms with Crippen LogP contribution in [0, 0.1) is 0 Å². The zero-order valence-corrected chi connectivity index (χ0v) is 28.1. The Labute approximate surface area is 272 Å². The standard InChI is InChI=1S/C36H48N6O4/c1-35(2,3)45-33(43)41-19-7-9-29(41)31-37-21-27(39-31)25-15-11-23(12-16-25)24-13-17-26(18-14-24)28-22-38-32(40-28)30-10-8-20-42(30)34(44)46-36(4,5)6/h11-12,15-17,21-22,24,29-30H,7-10,13-14,18-20H2,1-6H3,(H,37,39)(H,38,40). The molecule has 4 heterocycles. The van der Waals surface area contributed by atoms with Crippen molar-refractivity contribution in [3.63, 3.8) is 0 Å². The quantitative estimate of drug-likeness (QED) is 0.294. The van der Waals surface area contributed by atoms with Crippen molar-refractivity contribution in [2.45, 2.75) is 116 Å². The summed E-state index contributed by atoms with van der Waals surface area (Å²) in [6.07, 6.45) is 12.2. The number of imidazole rings is 2. The largest absolute Gasteiger partial charge is 0.444 e. The van der Waals surface area contributed by atoms with Crippen LogP contribution in [0.5, 0.6) is 0 Å². The van der Waals surface area contributed by atoms with Gasteiger partial charge in [0.25, 0.3) is 0 Å². The lowest BCUT2D eigenvalue weighted by atomic mass is 9.83. The molecule has 2 amide bonds. The van der Waals surface area contributed by atoms with Gasteiger partial charge < -0.3 is 19.4 Å². The van der Waals surface area contributed by atoms with Gasteiger partial charge in [0.05, 0.1) is 35.9 Å². The van der Waals surface area contributed by atoms with E-state index in [4.69, 9.17) is 14.5 Å². The molecule has 0 radical (unpaired) electrons. The summed E-state index contributed by atoms with van der Waals surface area (Å²) < 4.78 is 11.3. The van der Waals surface area contributed by atoms with Crippen molar-refractivity contribution in [2.75, 3.05) is 13.1 Å². The Balaban J connectivity index is 1.07. The molecular weight excluding hydrogens is 580 g/mol. The first-order valence-corrected chi connectivity index (χ1v) is 16.7. The lowest BCUT2D eigenvalue weighted by Gasteiger charge is -2.27. The molecule has 1 aliphatic carbocycles. The van der Waals surface area contributed by atoms with Crippen LogP contribution in [-0.4, -0.2) is 66.2 Å². The Bertz CT molecular complexity index is 1570. The Morgan fingerprint density at radius 1 is 0.761 bits per heavy atom. The van der Waals surface area contributed by atoms with E-state index in [-0.39, 0.29) is 24.3 Å². The van der Waals surface area contributed by atoms with E-state index in [1.54, 1.807) is 9.80 Å². The minimum Gasteiger partial charge on any atom is -0.444 e. The monoisotopic (exact) mass is 628 g/mol. The Hall–Kier alpha value is -4.08. The van der Waals surface area contributed by atoms with Crippen molar-refractivity contribution in [1.82, 2.24) is 29.7 Å². The third-order valence-electron chi connectivity index (χ3n) is 9.03. The highest BCUT2D eigenvalue weighted by molar-refractivity contribution is 5.70. The zero-order chi connectivity index (χ0) is 32.6. The van der Waals surface area contributed by atoms with E-state index in [9.17, 15) is 9.59 Å². The molecule has 2 saturated heterocycles. The first-order valence-electron chi connectivity index (χ1n) is 16.7. The summed E-state index contributed by atoms with van der Waals surface area (Å²) >= 11 is 0. The Morgan fingerprint density at radius 3 is 1.78 bits per heavy atom. The number of hydrogen-bond donors (Lipinski definition) is 2. The number of nitrogens with one attached hydrogen (secondary N) is 2. The van der Waals surface area contributed by atoms with Gasteiger partial charge in [0.1, 0.15) is 22.9 Å². The van der Waals surface area contributed by atoms with Crippen molar-refractivity contribution in [1.29, 1.82) is 0 Å². The van der Waals surface area contributed by atoms with Gasteiger partial charge >= 0.3 is 12.2 Å². The van der Waals surface area contributed by atoms with E-state index < -0.39 is 11.2 Å². The molecule has 246 valence electrons. The number of H-pyrrole nitrogens is 2. The maximum Gasteiger partial charge on any atom is 0.410 e. The fourth-order valence-electron chi connectivity index (χ4n) is 6.82. The molecule has 2 aromatic heterocycles. The SMILES string of the molecule is CC(C)(C)OC(=O)N1CCCC1c1ncc(C2=CCC(c3ccc(-c4cnc(C5CCCN5C(=O)OC(C)(C)C)[nH]4)cc3)CC2)[nH]1. The molecule has 0 spiro atoms. The molecule has 46 heavy (non-hydrogen) atoms. The third-order valence-corrected chi connectivity index (χ3v) is 9.03. The molecule has 3 aromatic rings. The van der Waals surface area contributed by atoms with E-state index >= 15 is 0 Å². The van der Waals surface area contributed by atoms with Gasteiger partial charge in [-0.2, -0.15) is 0 Å². The van der Waals surface area contributed by atoms with Crippen LogP contribution < -0.4 is 0 Å². The summed E-state index contributed by atoms with van der Waals surface area (Å²) in [6, 6.07) is 8.59. The summed E-state index contributed by atoms with van der Waals surface area (Å²) in [5.41, 5.74) is 4.64. The van der Waals surface area contributed by atoms with Crippen LogP contribution >= 0.6 is 0 Å². The van der Waals surface area contributed by atoms with Gasteiger partial charge in [-0.15, -0.1) is 0 Å². The minimum atomic E-state index is -0.527. The topological polar surface area (TPSA) is 116 Å². The van der Waals surface area contributed by atoms with Crippen LogP contribution in [0.3, 0.4) is 0 Å². The number of rotatable bonds is 5. The number of ether oxygens (including phenoxy) is 2. The van der Waals surface area contributed by atoms with Gasteiger partial charge in [-0.05, 0) is 109 Å². The summed E-state index contributed by atoms with van der Waals surface area (Å²) in [5.74, 6) is 2.10. The van der Waals surface area contributed by atoms with E-state index in [1.807, 2.05) is 53.9 Å². The zero-order valence-electron chi connectivity index (χ0n) is 28.1. The van der Waals surface area contributed by atoms with Crippen LogP contribution in [-0.2, 0) is 9.47 Å². The molecule has 3 aliphatic rings. The van der Waals surface area contributed by atoms with E-state index in [0.29, 0.717) is 19.0 Å². The Kier molecular flexibility index (Phi) is 8.74. The molecule has 2 aliphatic heterocycles. The second-order valence-corrected chi connectivity index (χ2v) is 14.9. The molecule has 6 rings (SSSR count). The molecule has 3 unspecified atom stereocenters. The number of benzene rings is 1. The number of carbonyl (C=O) groups excluding carboxylic acids is 2. The maximum absolute atomic E-state index is 12.8. The van der Waals surface area contributed by atoms with Gasteiger partial charge in [0.15, 0.2) is 0 Å². The molecule has 0 bridgehead atoms. The first-order chi connectivity index (χ1) is 21.8. The van der Waals surface area contributed by atoms with E-state index in [0.717, 1.165) is 73.5 Å². The second kappa shape index (κ2) is 12.6. The highest BCUT2D eigenvalue weighted by Gasteiger charge is 2.36. The number of likely N-dealkylation sites (tertiary alicyclic amines) is 2. The molecule has 3 atom stereocenters. The van der Waals surface area contributed by atoms with Crippen LogP contribution in [0.4, 0.5) is 9.59 Å². The van der Waals surface area contributed by atoms with Crippen molar-refractivity contribution in [3.8, 4) is 11.3 Å². The fraction of sp³-hybridized carbons (Fsp3) is 0.556. The van der Waals surface area contributed by atoms with E-state index in [1.165, 1.54) is 11.1 Å². The number of aromatic amines is 2. The molecule has 0 saturated carbocycles. The van der Waals surface area contributed by atoms with Crippen LogP contribution in [0.25, 0.3) is 16.8 Å². The lowest BCUT2D eigenvalue weighted by Crippen LogP contribution is -2.36. The van der Waals surface area contributed by atoms with Gasteiger partial charge in [-0.3, -0.25) is 9.80 Å². The summed E-state index contributed by atoms with van der Waals surface area (Å²) in [4.78, 5) is 45.5. The molecular formula is C36H48N6O4. The lowest BCUT2D eigenvalue weighted by molar-refractivity contribution is 0.0208. The van der Waals surface area contributed by atoms with Gasteiger partial charge in [-0.1, -0.05) is 30.3 Å². The molecule has 1 aromatic carbocycles. The van der Waals surface area contributed by atoms with E-state index in [2.05, 4.69) is 45.3 Å². The van der Waals surface area contributed by atoms with Crippen LogP contribution in [0.2, 0.25) is 0 Å². The number of amides is 2. The second-order valence-electron chi connectivity index (χ2n) is 14.9. The predicted molar refractivity (Wildman–Crippen MR) is 177 cm³/mol. The summed E-state index contributed by atoms with van der Waals surface area (Å²) in [6.45, 7) is 12.7. The predicted octanol–water partition coefficient (Wildman–Crippen LogP) is 8.29. The highest BCUT2D eigenvalue weighted by atomic mass is 16.6.